The summed E-state index contributed by atoms with van der Waals surface area (Å²) in [7, 11) is 0. The first kappa shape index (κ1) is 8.23. The molecule has 12 heavy (non-hydrogen) atoms. The summed E-state index contributed by atoms with van der Waals surface area (Å²) >= 11 is 0. The smallest absolute Gasteiger partial charge is 0.158 e. The number of rotatable bonds is 1. The predicted octanol–water partition coefficient (Wildman–Crippen LogP) is 1.96. The van der Waals surface area contributed by atoms with Crippen molar-refractivity contribution < 1.29 is 4.39 Å². The van der Waals surface area contributed by atoms with Crippen LogP contribution in [0.15, 0.2) is 24.3 Å². The van der Waals surface area contributed by atoms with Gasteiger partial charge in [0, 0.05) is 0 Å². The van der Waals surface area contributed by atoms with Gasteiger partial charge >= 0.3 is 0 Å². The highest BCUT2D eigenvalue weighted by molar-refractivity contribution is 5.31. The second-order valence-corrected chi connectivity index (χ2v) is 2.25. The minimum Gasteiger partial charge on any atom is -0.207 e. The number of benzene rings is 1. The van der Waals surface area contributed by atoms with E-state index in [0.29, 0.717) is 5.56 Å². The number of nitriles is 2. The molecule has 2 nitrogen and oxygen atoms in total. The largest absolute Gasteiger partial charge is 0.207 e. The molecule has 3 heteroatoms. The maximum atomic E-state index is 12.6. The Labute approximate surface area is 69.5 Å². The third-order valence-corrected chi connectivity index (χ3v) is 1.44. The monoisotopic (exact) mass is 160 g/mol. The zero-order valence-electron chi connectivity index (χ0n) is 6.16. The molecule has 0 aliphatic heterocycles. The van der Waals surface area contributed by atoms with E-state index in [0.717, 1.165) is 0 Å². The van der Waals surface area contributed by atoms with Gasteiger partial charge in [-0.05, 0) is 17.7 Å². The fourth-order valence-corrected chi connectivity index (χ4v) is 0.864. The molecule has 1 rings (SSSR count). The highest BCUT2D eigenvalue weighted by Crippen LogP contribution is 2.14. The zero-order chi connectivity index (χ0) is 8.97. The van der Waals surface area contributed by atoms with Crippen molar-refractivity contribution in [3.63, 3.8) is 0 Å². The molecule has 1 aromatic rings. The minimum atomic E-state index is -0.874. The van der Waals surface area contributed by atoms with Crippen LogP contribution in [0.25, 0.3) is 0 Å². The minimum absolute atomic E-state index is 0.403. The Bertz CT molecular complexity index is 346. The first-order chi connectivity index (χ1) is 5.77. The summed E-state index contributed by atoms with van der Waals surface area (Å²) in [4.78, 5) is 0. The van der Waals surface area contributed by atoms with Crippen LogP contribution in [-0.2, 0) is 0 Å². The predicted molar refractivity (Wildman–Crippen MR) is 40.4 cm³/mol. The van der Waals surface area contributed by atoms with Gasteiger partial charge in [0.15, 0.2) is 5.92 Å². The van der Waals surface area contributed by atoms with E-state index in [-0.39, 0.29) is 0 Å². The topological polar surface area (TPSA) is 47.6 Å². The fourth-order valence-electron chi connectivity index (χ4n) is 0.864. The highest BCUT2D eigenvalue weighted by atomic mass is 19.1. The maximum Gasteiger partial charge on any atom is 0.158 e. The Morgan fingerprint density at radius 3 is 2.42 bits per heavy atom. The van der Waals surface area contributed by atoms with Crippen LogP contribution in [-0.4, -0.2) is 0 Å². The van der Waals surface area contributed by atoms with Crippen molar-refractivity contribution in [2.75, 3.05) is 0 Å². The second-order valence-electron chi connectivity index (χ2n) is 2.25. The van der Waals surface area contributed by atoms with E-state index >= 15 is 0 Å². The standard InChI is InChI=1S/C9H5FN2/c10-9-3-1-2-7(4-9)8(5-11)6-12/h1-4,8H. The van der Waals surface area contributed by atoms with Crippen molar-refractivity contribution in [2.45, 2.75) is 5.92 Å². The maximum absolute atomic E-state index is 12.6. The first-order valence-corrected chi connectivity index (χ1v) is 3.32. The van der Waals surface area contributed by atoms with Gasteiger partial charge in [0.2, 0.25) is 0 Å². The highest BCUT2D eigenvalue weighted by Gasteiger charge is 2.08. The van der Waals surface area contributed by atoms with E-state index in [1.807, 2.05) is 0 Å². The van der Waals surface area contributed by atoms with Crippen LogP contribution < -0.4 is 0 Å². The van der Waals surface area contributed by atoms with Crippen LogP contribution in [0, 0.1) is 28.5 Å². The van der Waals surface area contributed by atoms with Crippen molar-refractivity contribution in [1.82, 2.24) is 0 Å². The van der Waals surface area contributed by atoms with Crippen molar-refractivity contribution in [3.05, 3.63) is 35.6 Å². The van der Waals surface area contributed by atoms with Gasteiger partial charge in [0.25, 0.3) is 0 Å². The molecule has 0 amide bonds. The average Bonchev–Trinajstić information content (AvgIpc) is 2.07. The average molecular weight is 160 g/mol. The van der Waals surface area contributed by atoms with E-state index in [9.17, 15) is 4.39 Å². The zero-order valence-corrected chi connectivity index (χ0v) is 6.16. The molecule has 0 radical (unpaired) electrons. The van der Waals surface area contributed by atoms with Crippen molar-refractivity contribution in [1.29, 1.82) is 10.5 Å². The molecular weight excluding hydrogens is 155 g/mol. The summed E-state index contributed by atoms with van der Waals surface area (Å²) in [5, 5.41) is 17.0. The number of hydrogen-bond acceptors (Lipinski definition) is 2. The molecular formula is C9H5FN2. The van der Waals surface area contributed by atoms with Gasteiger partial charge in [0.1, 0.15) is 5.82 Å². The third kappa shape index (κ3) is 1.59. The van der Waals surface area contributed by atoms with Crippen molar-refractivity contribution in [2.24, 2.45) is 0 Å². The molecule has 0 aromatic heterocycles. The van der Waals surface area contributed by atoms with Crippen LogP contribution in [0.4, 0.5) is 4.39 Å². The van der Waals surface area contributed by atoms with E-state index < -0.39 is 11.7 Å². The van der Waals surface area contributed by atoms with Crippen molar-refractivity contribution in [3.8, 4) is 12.1 Å². The Hall–Kier alpha value is -1.87. The van der Waals surface area contributed by atoms with Gasteiger partial charge < -0.3 is 0 Å². The van der Waals surface area contributed by atoms with E-state index in [4.69, 9.17) is 10.5 Å². The second kappa shape index (κ2) is 3.50. The summed E-state index contributed by atoms with van der Waals surface area (Å²) in [5.41, 5.74) is 0.403. The van der Waals surface area contributed by atoms with Gasteiger partial charge in [-0.2, -0.15) is 10.5 Å². The SMILES string of the molecule is N#CC(C#N)c1cccc(F)c1. The van der Waals surface area contributed by atoms with E-state index in [1.165, 1.54) is 18.2 Å². The normalized spacial score (nSPS) is 9.00. The van der Waals surface area contributed by atoms with Gasteiger partial charge in [0.05, 0.1) is 12.1 Å². The summed E-state index contributed by atoms with van der Waals surface area (Å²) in [6.07, 6.45) is 0. The molecule has 0 N–H and O–H groups in total. The van der Waals surface area contributed by atoms with Crippen LogP contribution in [0.1, 0.15) is 11.5 Å². The quantitative estimate of drug-likeness (QED) is 0.630. The van der Waals surface area contributed by atoms with Crippen LogP contribution in [0.5, 0.6) is 0 Å². The van der Waals surface area contributed by atoms with Crippen molar-refractivity contribution >= 4 is 0 Å². The molecule has 0 heterocycles. The Balaban J connectivity index is 3.06. The molecule has 0 atom stereocenters. The number of nitrogens with zero attached hydrogens (tertiary/aromatic N) is 2. The molecule has 0 saturated carbocycles. The lowest BCUT2D eigenvalue weighted by atomic mass is 10.0. The summed E-state index contributed by atoms with van der Waals surface area (Å²) in [6, 6.07) is 9.03. The number of hydrogen-bond donors (Lipinski definition) is 0. The Morgan fingerprint density at radius 2 is 1.92 bits per heavy atom. The molecule has 0 saturated heterocycles. The van der Waals surface area contributed by atoms with Crippen LogP contribution in [0.2, 0.25) is 0 Å². The van der Waals surface area contributed by atoms with E-state index in [1.54, 1.807) is 18.2 Å². The lowest BCUT2D eigenvalue weighted by Crippen LogP contribution is -1.91. The first-order valence-electron chi connectivity index (χ1n) is 3.32. The van der Waals surface area contributed by atoms with Gasteiger partial charge in [-0.1, -0.05) is 12.1 Å². The van der Waals surface area contributed by atoms with E-state index in [2.05, 4.69) is 0 Å². The Morgan fingerprint density at radius 1 is 1.25 bits per heavy atom. The van der Waals surface area contributed by atoms with Crippen LogP contribution >= 0.6 is 0 Å². The van der Waals surface area contributed by atoms with Gasteiger partial charge in [-0.3, -0.25) is 0 Å². The summed E-state index contributed by atoms with van der Waals surface area (Å²) in [5.74, 6) is -1.30. The summed E-state index contributed by atoms with van der Waals surface area (Å²) in [6.45, 7) is 0. The lowest BCUT2D eigenvalue weighted by Gasteiger charge is -1.98. The fraction of sp³-hybridized carbons (Fsp3) is 0.111. The molecule has 1 aromatic carbocycles. The lowest BCUT2D eigenvalue weighted by molar-refractivity contribution is 0.625. The van der Waals surface area contributed by atoms with Crippen LogP contribution in [0.3, 0.4) is 0 Å². The molecule has 0 spiro atoms. The molecule has 0 fully saturated rings. The Kier molecular flexibility index (Phi) is 2.40. The molecule has 0 bridgehead atoms. The number of halogens is 1. The van der Waals surface area contributed by atoms with Gasteiger partial charge in [-0.25, -0.2) is 4.39 Å². The molecule has 0 unspecified atom stereocenters. The third-order valence-electron chi connectivity index (χ3n) is 1.44. The molecule has 0 aliphatic rings. The molecule has 58 valence electrons. The molecule has 0 aliphatic carbocycles. The summed E-state index contributed by atoms with van der Waals surface area (Å²) < 4.78 is 12.6. The van der Waals surface area contributed by atoms with Gasteiger partial charge in [-0.15, -0.1) is 0 Å².